The molecule has 1 atom stereocenters. The number of fused-ring (bicyclic) bond motifs is 1. The first-order valence-corrected chi connectivity index (χ1v) is 7.68. The summed E-state index contributed by atoms with van der Waals surface area (Å²) in [6.07, 6.45) is 7.18. The molecule has 1 aliphatic heterocycles. The quantitative estimate of drug-likeness (QED) is 0.865. The van der Waals surface area contributed by atoms with E-state index in [1.807, 2.05) is 41.1 Å². The van der Waals surface area contributed by atoms with Crippen LogP contribution in [0.15, 0.2) is 42.7 Å². The number of rotatable bonds is 2. The van der Waals surface area contributed by atoms with E-state index in [1.54, 1.807) is 6.20 Å². The van der Waals surface area contributed by atoms with E-state index in [1.165, 1.54) is 6.42 Å². The number of aromatic nitrogens is 2. The van der Waals surface area contributed by atoms with Crippen molar-refractivity contribution in [2.45, 2.75) is 37.6 Å². The molecule has 0 radical (unpaired) electrons. The van der Waals surface area contributed by atoms with Gasteiger partial charge >= 0.3 is 5.95 Å². The summed E-state index contributed by atoms with van der Waals surface area (Å²) in [6.45, 7) is 0.494. The Labute approximate surface area is 128 Å². The third-order valence-electron chi connectivity index (χ3n) is 4.55. The third kappa shape index (κ3) is 1.93. The van der Waals surface area contributed by atoms with E-state index >= 15 is 0 Å². The van der Waals surface area contributed by atoms with Crippen LogP contribution in [0.25, 0.3) is 0 Å². The molecule has 0 unspecified atom stereocenters. The van der Waals surface area contributed by atoms with Gasteiger partial charge in [-0.1, -0.05) is 28.7 Å². The third-order valence-corrected chi connectivity index (χ3v) is 4.80. The molecule has 4 nitrogen and oxygen atoms in total. The zero-order valence-electron chi connectivity index (χ0n) is 11.6. The molecule has 108 valence electrons. The van der Waals surface area contributed by atoms with Gasteiger partial charge in [0, 0.05) is 16.7 Å². The van der Waals surface area contributed by atoms with Crippen molar-refractivity contribution in [3.8, 4) is 0 Å². The Morgan fingerprint density at radius 2 is 2.05 bits per heavy atom. The molecule has 1 fully saturated rings. The van der Waals surface area contributed by atoms with E-state index in [9.17, 15) is 5.11 Å². The number of nitrogens with zero attached hydrogens (tertiary/aromatic N) is 3. The van der Waals surface area contributed by atoms with Gasteiger partial charge in [0.25, 0.3) is 0 Å². The first kappa shape index (κ1) is 13.0. The molecule has 0 amide bonds. The minimum absolute atomic E-state index is 0.356. The van der Waals surface area contributed by atoms with Crippen LogP contribution in [0.2, 0.25) is 5.02 Å². The van der Waals surface area contributed by atoms with Gasteiger partial charge in [0.1, 0.15) is 12.7 Å². The van der Waals surface area contributed by atoms with Crippen molar-refractivity contribution in [2.24, 2.45) is 0 Å². The summed E-state index contributed by atoms with van der Waals surface area (Å²) < 4.78 is 2.02. The monoisotopic (exact) mass is 302 g/mol. The second-order valence-electron chi connectivity index (χ2n) is 5.83. The molecule has 1 aromatic carbocycles. The van der Waals surface area contributed by atoms with Crippen LogP contribution < -0.4 is 9.47 Å². The standard InChI is InChI=1S/C16H17ClN3O/c17-13-7-5-12(6-8-13)16(21)11-19-10-2-9-18-15(19)20(16)14-3-1-4-14/h2,5-10,14,21H,1,3-4,11H2/q+1/t16-/m1/s1. The van der Waals surface area contributed by atoms with Gasteiger partial charge in [0.2, 0.25) is 5.72 Å². The molecule has 2 heterocycles. The van der Waals surface area contributed by atoms with Crippen molar-refractivity contribution in [3.63, 3.8) is 0 Å². The number of aliphatic hydroxyl groups is 1. The van der Waals surface area contributed by atoms with Gasteiger partial charge in [0.05, 0.1) is 12.2 Å². The van der Waals surface area contributed by atoms with E-state index in [4.69, 9.17) is 11.6 Å². The van der Waals surface area contributed by atoms with Crippen molar-refractivity contribution >= 4 is 17.5 Å². The topological polar surface area (TPSA) is 40.2 Å². The fourth-order valence-corrected chi connectivity index (χ4v) is 3.38. The van der Waals surface area contributed by atoms with Gasteiger partial charge in [-0.25, -0.2) is 9.47 Å². The van der Waals surface area contributed by atoms with Crippen LogP contribution in [-0.2, 0) is 12.3 Å². The summed E-state index contributed by atoms with van der Waals surface area (Å²) in [5.41, 5.74) is -0.180. The highest BCUT2D eigenvalue weighted by Gasteiger charge is 2.55. The molecule has 4 rings (SSSR count). The van der Waals surface area contributed by atoms with Crippen LogP contribution in [0.1, 0.15) is 24.8 Å². The van der Waals surface area contributed by atoms with Crippen LogP contribution in [0.4, 0.5) is 5.95 Å². The molecular weight excluding hydrogens is 286 g/mol. The first-order chi connectivity index (χ1) is 10.2. The van der Waals surface area contributed by atoms with Gasteiger partial charge in [0.15, 0.2) is 0 Å². The number of hydrogen-bond acceptors (Lipinski definition) is 3. The van der Waals surface area contributed by atoms with Crippen molar-refractivity contribution in [1.82, 2.24) is 4.98 Å². The van der Waals surface area contributed by atoms with E-state index in [-0.39, 0.29) is 0 Å². The number of halogens is 1. The summed E-state index contributed by atoms with van der Waals surface area (Å²) in [7, 11) is 0. The second-order valence-corrected chi connectivity index (χ2v) is 6.26. The average molecular weight is 303 g/mol. The molecular formula is C16H17ClN3O+. The highest BCUT2D eigenvalue weighted by atomic mass is 35.5. The van der Waals surface area contributed by atoms with Crippen LogP contribution in [0.5, 0.6) is 0 Å². The summed E-state index contributed by atoms with van der Waals surface area (Å²) in [5, 5.41) is 12.1. The van der Waals surface area contributed by atoms with Crippen LogP contribution >= 0.6 is 11.6 Å². The zero-order valence-corrected chi connectivity index (χ0v) is 12.4. The van der Waals surface area contributed by atoms with Crippen molar-refractivity contribution in [3.05, 3.63) is 53.3 Å². The van der Waals surface area contributed by atoms with E-state index in [0.717, 1.165) is 24.4 Å². The summed E-state index contributed by atoms with van der Waals surface area (Å²) in [6, 6.07) is 9.72. The number of anilines is 1. The molecule has 1 saturated carbocycles. The van der Waals surface area contributed by atoms with Crippen molar-refractivity contribution in [1.29, 1.82) is 0 Å². The van der Waals surface area contributed by atoms with Crippen LogP contribution in [0, 0.1) is 0 Å². The molecule has 2 aromatic rings. The molecule has 1 aliphatic carbocycles. The van der Waals surface area contributed by atoms with Gasteiger partial charge in [-0.3, -0.25) is 0 Å². The molecule has 1 aromatic heterocycles. The molecule has 5 heteroatoms. The predicted octanol–water partition coefficient (Wildman–Crippen LogP) is 2.24. The zero-order chi connectivity index (χ0) is 14.4. The summed E-state index contributed by atoms with van der Waals surface area (Å²) in [4.78, 5) is 6.57. The lowest BCUT2D eigenvalue weighted by molar-refractivity contribution is -0.685. The molecule has 0 bridgehead atoms. The summed E-state index contributed by atoms with van der Waals surface area (Å²) in [5.74, 6) is 0.847. The molecule has 1 N–H and O–H groups in total. The molecule has 2 aliphatic rings. The highest BCUT2D eigenvalue weighted by Crippen LogP contribution is 2.40. The second kappa shape index (κ2) is 4.68. The average Bonchev–Trinajstić information content (AvgIpc) is 2.72. The molecule has 21 heavy (non-hydrogen) atoms. The molecule has 0 spiro atoms. The van der Waals surface area contributed by atoms with E-state index in [0.29, 0.717) is 17.6 Å². The number of benzene rings is 1. The Hall–Kier alpha value is -1.65. The summed E-state index contributed by atoms with van der Waals surface area (Å²) >= 11 is 5.98. The predicted molar refractivity (Wildman–Crippen MR) is 79.9 cm³/mol. The van der Waals surface area contributed by atoms with Crippen molar-refractivity contribution < 1.29 is 9.67 Å². The van der Waals surface area contributed by atoms with Crippen LogP contribution in [-0.4, -0.2) is 16.1 Å². The fraction of sp³-hybridized carbons (Fsp3) is 0.375. The maximum Gasteiger partial charge on any atom is 0.397 e. The largest absolute Gasteiger partial charge is 0.397 e. The van der Waals surface area contributed by atoms with Crippen LogP contribution in [0.3, 0.4) is 0 Å². The normalized spacial score (nSPS) is 24.8. The van der Waals surface area contributed by atoms with Gasteiger partial charge in [-0.15, -0.1) is 0 Å². The lowest BCUT2D eigenvalue weighted by Crippen LogP contribution is -2.52. The van der Waals surface area contributed by atoms with E-state index < -0.39 is 5.72 Å². The maximum absolute atomic E-state index is 11.4. The Bertz CT molecular complexity index is 671. The van der Waals surface area contributed by atoms with Gasteiger partial charge in [-0.2, -0.15) is 0 Å². The van der Waals surface area contributed by atoms with Gasteiger partial charge < -0.3 is 5.11 Å². The Morgan fingerprint density at radius 3 is 2.71 bits per heavy atom. The minimum Gasteiger partial charge on any atom is -0.353 e. The van der Waals surface area contributed by atoms with E-state index in [2.05, 4.69) is 9.88 Å². The van der Waals surface area contributed by atoms with Gasteiger partial charge in [-0.05, 0) is 31.4 Å². The Kier molecular flexibility index (Phi) is 2.91. The molecule has 0 saturated heterocycles. The Balaban J connectivity index is 1.82. The van der Waals surface area contributed by atoms with Crippen molar-refractivity contribution in [2.75, 3.05) is 4.90 Å². The minimum atomic E-state index is -1.04. The number of hydrogen-bond donors (Lipinski definition) is 1. The Morgan fingerprint density at radius 1 is 1.29 bits per heavy atom. The lowest BCUT2D eigenvalue weighted by Gasteiger charge is -2.38. The maximum atomic E-state index is 11.4. The first-order valence-electron chi connectivity index (χ1n) is 7.31. The SMILES string of the molecule is O[C@@]1(c2ccc(Cl)cc2)C[n+]2cccnc2N1C1CCC1. The highest BCUT2D eigenvalue weighted by molar-refractivity contribution is 6.30. The lowest BCUT2D eigenvalue weighted by atomic mass is 9.88. The fourth-order valence-electron chi connectivity index (χ4n) is 3.25. The smallest absolute Gasteiger partial charge is 0.353 e.